The molecule has 6 heteroatoms. The highest BCUT2D eigenvalue weighted by Gasteiger charge is 2.31. The van der Waals surface area contributed by atoms with E-state index in [1.165, 1.54) is 6.42 Å². The van der Waals surface area contributed by atoms with Crippen molar-refractivity contribution in [1.29, 1.82) is 0 Å². The van der Waals surface area contributed by atoms with Crippen LogP contribution < -0.4 is 10.6 Å². The lowest BCUT2D eigenvalue weighted by Gasteiger charge is -2.39. The minimum absolute atomic E-state index is 0.169. The van der Waals surface area contributed by atoms with E-state index in [0.29, 0.717) is 6.54 Å². The summed E-state index contributed by atoms with van der Waals surface area (Å²) in [6.45, 7) is 4.87. The first-order valence-electron chi connectivity index (χ1n) is 7.44. The average molecular weight is 286 g/mol. The highest BCUT2D eigenvalue weighted by molar-refractivity contribution is 5.31. The molecular weight excluding hydrogens is 264 g/mol. The quantitative estimate of drug-likeness (QED) is 0.886. The molecule has 2 aromatic rings. The van der Waals surface area contributed by atoms with Crippen molar-refractivity contribution in [3.63, 3.8) is 0 Å². The summed E-state index contributed by atoms with van der Waals surface area (Å²) in [6.07, 6.45) is 6.67. The number of aromatic amines is 1. The highest BCUT2D eigenvalue weighted by atomic mass is 15.4. The minimum atomic E-state index is 0.169. The Morgan fingerprint density at radius 2 is 2.38 bits per heavy atom. The van der Waals surface area contributed by atoms with E-state index in [9.17, 15) is 0 Å². The van der Waals surface area contributed by atoms with Crippen molar-refractivity contribution < 1.29 is 0 Å². The van der Waals surface area contributed by atoms with Crippen LogP contribution in [0, 0.1) is 5.41 Å². The largest absolute Gasteiger partial charge is 0.339 e. The second-order valence-electron chi connectivity index (χ2n) is 6.16. The molecule has 3 N–H and O–H groups in total. The summed E-state index contributed by atoms with van der Waals surface area (Å²) >= 11 is 0. The molecule has 3 rings (SSSR count). The fraction of sp³-hybridized carbons (Fsp3) is 0.533. The summed E-state index contributed by atoms with van der Waals surface area (Å²) in [4.78, 5) is 11.0. The monoisotopic (exact) mass is 286 g/mol. The molecule has 0 amide bonds. The third kappa shape index (κ3) is 3.21. The Balaban J connectivity index is 1.70. The molecule has 0 aromatic carbocycles. The standard InChI is InChI=1S/C15H22N6/c1-15(10-16)5-3-7-21(11-15)14-18-13(19-20-14)8-12-4-2-6-17-9-12/h2,4,6,9H,3,5,7-8,10-11,16H2,1H3,(H,18,19,20). The minimum Gasteiger partial charge on any atom is -0.339 e. The molecule has 1 fully saturated rings. The van der Waals surface area contributed by atoms with Crippen molar-refractivity contribution in [3.05, 3.63) is 35.9 Å². The summed E-state index contributed by atoms with van der Waals surface area (Å²) in [5.74, 6) is 1.66. The highest BCUT2D eigenvalue weighted by Crippen LogP contribution is 2.29. The van der Waals surface area contributed by atoms with E-state index in [0.717, 1.165) is 43.3 Å². The van der Waals surface area contributed by atoms with Gasteiger partial charge in [0.1, 0.15) is 5.82 Å². The normalized spacial score (nSPS) is 22.5. The lowest BCUT2D eigenvalue weighted by molar-refractivity contribution is 0.270. The van der Waals surface area contributed by atoms with E-state index in [1.54, 1.807) is 6.20 Å². The maximum Gasteiger partial charge on any atom is 0.244 e. The average Bonchev–Trinajstić information content (AvgIpc) is 2.97. The molecule has 21 heavy (non-hydrogen) atoms. The van der Waals surface area contributed by atoms with Crippen molar-refractivity contribution in [2.24, 2.45) is 11.1 Å². The number of hydrogen-bond acceptors (Lipinski definition) is 5. The van der Waals surface area contributed by atoms with E-state index in [4.69, 9.17) is 5.73 Å². The van der Waals surface area contributed by atoms with Gasteiger partial charge in [-0.3, -0.25) is 10.1 Å². The second kappa shape index (κ2) is 5.81. The van der Waals surface area contributed by atoms with Crippen molar-refractivity contribution in [1.82, 2.24) is 20.2 Å². The summed E-state index contributed by atoms with van der Waals surface area (Å²) in [6, 6.07) is 3.98. The summed E-state index contributed by atoms with van der Waals surface area (Å²) in [5.41, 5.74) is 7.20. The molecular formula is C15H22N6. The van der Waals surface area contributed by atoms with Gasteiger partial charge in [0.2, 0.25) is 5.95 Å². The third-order valence-electron chi connectivity index (χ3n) is 4.17. The molecule has 2 aromatic heterocycles. The molecule has 1 saturated heterocycles. The summed E-state index contributed by atoms with van der Waals surface area (Å²) in [5, 5.41) is 7.40. The van der Waals surface area contributed by atoms with E-state index in [2.05, 4.69) is 32.0 Å². The maximum absolute atomic E-state index is 5.90. The van der Waals surface area contributed by atoms with Crippen LogP contribution in [0.15, 0.2) is 24.5 Å². The molecule has 0 spiro atoms. The Bertz CT molecular complexity index is 581. The first kappa shape index (κ1) is 14.0. The molecule has 0 aliphatic carbocycles. The number of aromatic nitrogens is 4. The topological polar surface area (TPSA) is 83.7 Å². The van der Waals surface area contributed by atoms with Crippen molar-refractivity contribution in [2.75, 3.05) is 24.5 Å². The number of piperidine rings is 1. The van der Waals surface area contributed by atoms with Crippen LogP contribution in [0.25, 0.3) is 0 Å². The lowest BCUT2D eigenvalue weighted by Crippen LogP contribution is -2.46. The van der Waals surface area contributed by atoms with Crippen LogP contribution in [-0.4, -0.2) is 39.8 Å². The molecule has 1 atom stereocenters. The number of nitrogens with one attached hydrogen (secondary N) is 1. The van der Waals surface area contributed by atoms with Gasteiger partial charge in [0.05, 0.1) is 0 Å². The van der Waals surface area contributed by atoms with E-state index in [-0.39, 0.29) is 5.41 Å². The number of anilines is 1. The van der Waals surface area contributed by atoms with Gasteiger partial charge in [-0.05, 0) is 36.4 Å². The first-order chi connectivity index (χ1) is 10.2. The van der Waals surface area contributed by atoms with Gasteiger partial charge in [-0.25, -0.2) is 0 Å². The Morgan fingerprint density at radius 1 is 1.48 bits per heavy atom. The molecule has 0 bridgehead atoms. The maximum atomic E-state index is 5.90. The van der Waals surface area contributed by atoms with E-state index >= 15 is 0 Å². The van der Waals surface area contributed by atoms with Gasteiger partial charge < -0.3 is 10.6 Å². The lowest BCUT2D eigenvalue weighted by atomic mass is 9.82. The molecule has 112 valence electrons. The van der Waals surface area contributed by atoms with Crippen LogP contribution in [-0.2, 0) is 6.42 Å². The molecule has 3 heterocycles. The van der Waals surface area contributed by atoms with Crippen molar-refractivity contribution >= 4 is 5.95 Å². The fourth-order valence-electron chi connectivity index (χ4n) is 2.85. The number of H-pyrrole nitrogens is 1. The first-order valence-corrected chi connectivity index (χ1v) is 7.44. The SMILES string of the molecule is CC1(CN)CCCN(c2n[nH]c(Cc3cccnc3)n2)C1. The summed E-state index contributed by atoms with van der Waals surface area (Å²) < 4.78 is 0. The molecule has 1 unspecified atom stereocenters. The molecule has 0 saturated carbocycles. The number of nitrogens with two attached hydrogens (primary N) is 1. The van der Waals surface area contributed by atoms with Crippen LogP contribution in [0.1, 0.15) is 31.2 Å². The fourth-order valence-corrected chi connectivity index (χ4v) is 2.85. The van der Waals surface area contributed by atoms with E-state index in [1.807, 2.05) is 18.3 Å². The van der Waals surface area contributed by atoms with Gasteiger partial charge >= 0.3 is 0 Å². The van der Waals surface area contributed by atoms with Gasteiger partial charge in [0, 0.05) is 31.9 Å². The van der Waals surface area contributed by atoms with Crippen LogP contribution in [0.2, 0.25) is 0 Å². The zero-order valence-electron chi connectivity index (χ0n) is 12.4. The summed E-state index contributed by atoms with van der Waals surface area (Å²) in [7, 11) is 0. The van der Waals surface area contributed by atoms with Crippen LogP contribution in [0.3, 0.4) is 0 Å². The Labute approximate surface area is 124 Å². The smallest absolute Gasteiger partial charge is 0.244 e. The number of rotatable bonds is 4. The molecule has 1 aliphatic rings. The predicted octanol–water partition coefficient (Wildman–Crippen LogP) is 1.36. The number of hydrogen-bond donors (Lipinski definition) is 2. The van der Waals surface area contributed by atoms with Gasteiger partial charge in [-0.15, -0.1) is 5.10 Å². The third-order valence-corrected chi connectivity index (χ3v) is 4.17. The van der Waals surface area contributed by atoms with Gasteiger partial charge in [0.25, 0.3) is 0 Å². The second-order valence-corrected chi connectivity index (χ2v) is 6.16. The Morgan fingerprint density at radius 3 is 3.14 bits per heavy atom. The van der Waals surface area contributed by atoms with Crippen molar-refractivity contribution in [3.8, 4) is 0 Å². The van der Waals surface area contributed by atoms with Crippen LogP contribution in [0.5, 0.6) is 0 Å². The van der Waals surface area contributed by atoms with Crippen molar-refractivity contribution in [2.45, 2.75) is 26.2 Å². The number of nitrogens with zero attached hydrogens (tertiary/aromatic N) is 4. The molecule has 6 nitrogen and oxygen atoms in total. The van der Waals surface area contributed by atoms with Gasteiger partial charge in [-0.2, -0.15) is 4.98 Å². The van der Waals surface area contributed by atoms with Gasteiger partial charge in [0.15, 0.2) is 0 Å². The zero-order chi connectivity index (χ0) is 14.7. The van der Waals surface area contributed by atoms with Gasteiger partial charge in [-0.1, -0.05) is 13.0 Å². The Hall–Kier alpha value is -1.95. The molecule has 1 aliphatic heterocycles. The number of pyridine rings is 1. The predicted molar refractivity (Wildman–Crippen MR) is 82.0 cm³/mol. The zero-order valence-corrected chi connectivity index (χ0v) is 12.4. The van der Waals surface area contributed by atoms with Crippen LogP contribution in [0.4, 0.5) is 5.95 Å². The molecule has 0 radical (unpaired) electrons. The van der Waals surface area contributed by atoms with Crippen LogP contribution >= 0.6 is 0 Å². The van der Waals surface area contributed by atoms with E-state index < -0.39 is 0 Å². The Kier molecular flexibility index (Phi) is 3.88.